The summed E-state index contributed by atoms with van der Waals surface area (Å²) in [5.41, 5.74) is 3.06. The minimum absolute atomic E-state index is 0.0239. The van der Waals surface area contributed by atoms with Crippen molar-refractivity contribution in [2.24, 2.45) is 0 Å². The van der Waals surface area contributed by atoms with Gasteiger partial charge in [0.15, 0.2) is 0 Å². The molecule has 0 atom stereocenters. The molecule has 2 aromatic carbocycles. The van der Waals surface area contributed by atoms with E-state index in [9.17, 15) is 9.59 Å². The van der Waals surface area contributed by atoms with Gasteiger partial charge < -0.3 is 10.2 Å². The Morgan fingerprint density at radius 3 is 2.30 bits per heavy atom. The number of amides is 2. The van der Waals surface area contributed by atoms with Crippen LogP contribution in [-0.4, -0.2) is 35.8 Å². The molecule has 3 rings (SSSR count). The van der Waals surface area contributed by atoms with Crippen LogP contribution in [0.5, 0.6) is 0 Å². The number of benzene rings is 2. The molecular formula is C22H25ClN2O2. The Labute approximate surface area is 165 Å². The third-order valence-electron chi connectivity index (χ3n) is 5.00. The van der Waals surface area contributed by atoms with Crippen LogP contribution < -0.4 is 5.32 Å². The molecule has 1 N–H and O–H groups in total. The van der Waals surface area contributed by atoms with Crippen LogP contribution in [0, 0.1) is 6.92 Å². The maximum atomic E-state index is 12.5. The van der Waals surface area contributed by atoms with Crippen LogP contribution >= 0.6 is 11.6 Å². The number of carbonyl (C=O) groups excluding carboxylic acids is 2. The third-order valence-corrected chi connectivity index (χ3v) is 5.25. The summed E-state index contributed by atoms with van der Waals surface area (Å²) in [4.78, 5) is 26.6. The standard InChI is InChI=1S/C22H25ClN2O2/c1-16-2-4-17(5-3-16)6-11-21(26)24-20-12-14-25(15-13-20)22(27)18-7-9-19(23)10-8-18/h2-5,7-10,20H,6,11-15H2,1H3,(H,24,26). The largest absolute Gasteiger partial charge is 0.353 e. The van der Waals surface area contributed by atoms with E-state index >= 15 is 0 Å². The van der Waals surface area contributed by atoms with Gasteiger partial charge in [-0.3, -0.25) is 9.59 Å². The fraction of sp³-hybridized carbons (Fsp3) is 0.364. The molecule has 27 heavy (non-hydrogen) atoms. The van der Waals surface area contributed by atoms with Crippen molar-refractivity contribution in [2.75, 3.05) is 13.1 Å². The molecule has 0 spiro atoms. The molecular weight excluding hydrogens is 360 g/mol. The first-order chi connectivity index (χ1) is 13.0. The second-order valence-electron chi connectivity index (χ2n) is 7.13. The van der Waals surface area contributed by atoms with E-state index in [0.29, 0.717) is 30.1 Å². The zero-order chi connectivity index (χ0) is 19.2. The highest BCUT2D eigenvalue weighted by atomic mass is 35.5. The van der Waals surface area contributed by atoms with E-state index in [0.717, 1.165) is 19.3 Å². The number of nitrogens with zero attached hydrogens (tertiary/aromatic N) is 1. The van der Waals surface area contributed by atoms with E-state index < -0.39 is 0 Å². The van der Waals surface area contributed by atoms with Crippen molar-refractivity contribution < 1.29 is 9.59 Å². The fourth-order valence-corrected chi connectivity index (χ4v) is 3.44. The van der Waals surface area contributed by atoms with E-state index in [1.807, 2.05) is 4.90 Å². The molecule has 2 aromatic rings. The van der Waals surface area contributed by atoms with Crippen molar-refractivity contribution >= 4 is 23.4 Å². The molecule has 0 aliphatic carbocycles. The number of aryl methyl sites for hydroxylation is 2. The van der Waals surface area contributed by atoms with E-state index in [1.165, 1.54) is 11.1 Å². The van der Waals surface area contributed by atoms with Gasteiger partial charge in [0.05, 0.1) is 0 Å². The number of rotatable bonds is 5. The van der Waals surface area contributed by atoms with Gasteiger partial charge in [-0.05, 0) is 56.0 Å². The van der Waals surface area contributed by atoms with Crippen molar-refractivity contribution in [2.45, 2.75) is 38.6 Å². The number of hydrogen-bond donors (Lipinski definition) is 1. The normalized spacial score (nSPS) is 14.8. The lowest BCUT2D eigenvalue weighted by atomic mass is 10.0. The Bertz CT molecular complexity index is 779. The highest BCUT2D eigenvalue weighted by molar-refractivity contribution is 6.30. The maximum Gasteiger partial charge on any atom is 0.253 e. The molecule has 0 saturated carbocycles. The summed E-state index contributed by atoms with van der Waals surface area (Å²) >= 11 is 5.88. The molecule has 1 fully saturated rings. The first kappa shape index (κ1) is 19.4. The van der Waals surface area contributed by atoms with Gasteiger partial charge in [-0.25, -0.2) is 0 Å². The average Bonchev–Trinajstić information content (AvgIpc) is 2.68. The molecule has 0 bridgehead atoms. The molecule has 0 aromatic heterocycles. The zero-order valence-electron chi connectivity index (χ0n) is 15.6. The number of nitrogens with one attached hydrogen (secondary N) is 1. The molecule has 1 heterocycles. The van der Waals surface area contributed by atoms with Crippen molar-refractivity contribution in [1.29, 1.82) is 0 Å². The number of hydrogen-bond acceptors (Lipinski definition) is 2. The van der Waals surface area contributed by atoms with Crippen LogP contribution in [0.4, 0.5) is 0 Å². The molecule has 0 unspecified atom stereocenters. The Morgan fingerprint density at radius 2 is 1.67 bits per heavy atom. The number of halogens is 1. The molecule has 5 heteroatoms. The summed E-state index contributed by atoms with van der Waals surface area (Å²) in [6.45, 7) is 3.37. The molecule has 1 aliphatic heterocycles. The monoisotopic (exact) mass is 384 g/mol. The lowest BCUT2D eigenvalue weighted by Gasteiger charge is -2.32. The zero-order valence-corrected chi connectivity index (χ0v) is 16.3. The van der Waals surface area contributed by atoms with Crippen molar-refractivity contribution in [3.8, 4) is 0 Å². The summed E-state index contributed by atoms with van der Waals surface area (Å²) in [5, 5.41) is 3.74. The van der Waals surface area contributed by atoms with Gasteiger partial charge in [0.2, 0.25) is 5.91 Å². The minimum Gasteiger partial charge on any atom is -0.353 e. The number of piperidine rings is 1. The smallest absolute Gasteiger partial charge is 0.253 e. The predicted octanol–water partition coefficient (Wildman–Crippen LogP) is 4.00. The first-order valence-corrected chi connectivity index (χ1v) is 9.79. The SMILES string of the molecule is Cc1ccc(CCC(=O)NC2CCN(C(=O)c3ccc(Cl)cc3)CC2)cc1. The van der Waals surface area contributed by atoms with Crippen LogP contribution in [0.1, 0.15) is 40.7 Å². The predicted molar refractivity (Wildman–Crippen MR) is 108 cm³/mol. The van der Waals surface area contributed by atoms with Gasteiger partial charge in [0.1, 0.15) is 0 Å². The maximum absolute atomic E-state index is 12.5. The third kappa shape index (κ3) is 5.57. The molecule has 142 valence electrons. The van der Waals surface area contributed by atoms with Crippen LogP contribution in [-0.2, 0) is 11.2 Å². The van der Waals surface area contributed by atoms with Gasteiger partial charge in [0, 0.05) is 36.1 Å². The summed E-state index contributed by atoms with van der Waals surface area (Å²) < 4.78 is 0. The van der Waals surface area contributed by atoms with E-state index in [4.69, 9.17) is 11.6 Å². The van der Waals surface area contributed by atoms with Gasteiger partial charge in [-0.1, -0.05) is 41.4 Å². The molecule has 4 nitrogen and oxygen atoms in total. The molecule has 2 amide bonds. The van der Waals surface area contributed by atoms with E-state index in [-0.39, 0.29) is 17.9 Å². The van der Waals surface area contributed by atoms with Gasteiger partial charge in [0.25, 0.3) is 5.91 Å². The molecule has 1 aliphatic rings. The molecule has 0 radical (unpaired) electrons. The van der Waals surface area contributed by atoms with Crippen molar-refractivity contribution in [3.05, 3.63) is 70.2 Å². The van der Waals surface area contributed by atoms with Gasteiger partial charge in [-0.2, -0.15) is 0 Å². The lowest BCUT2D eigenvalue weighted by Crippen LogP contribution is -2.46. The second-order valence-corrected chi connectivity index (χ2v) is 7.56. The van der Waals surface area contributed by atoms with Crippen LogP contribution in [0.2, 0.25) is 5.02 Å². The van der Waals surface area contributed by atoms with Gasteiger partial charge in [-0.15, -0.1) is 0 Å². The topological polar surface area (TPSA) is 49.4 Å². The van der Waals surface area contributed by atoms with Crippen LogP contribution in [0.3, 0.4) is 0 Å². The Kier molecular flexibility index (Phi) is 6.51. The van der Waals surface area contributed by atoms with E-state index in [1.54, 1.807) is 24.3 Å². The van der Waals surface area contributed by atoms with Crippen LogP contribution in [0.25, 0.3) is 0 Å². The lowest BCUT2D eigenvalue weighted by molar-refractivity contribution is -0.122. The number of carbonyl (C=O) groups is 2. The summed E-state index contributed by atoms with van der Waals surface area (Å²) in [5.74, 6) is 0.105. The van der Waals surface area contributed by atoms with Crippen molar-refractivity contribution in [3.63, 3.8) is 0 Å². The van der Waals surface area contributed by atoms with Crippen molar-refractivity contribution in [1.82, 2.24) is 10.2 Å². The van der Waals surface area contributed by atoms with Gasteiger partial charge >= 0.3 is 0 Å². The Morgan fingerprint density at radius 1 is 1.04 bits per heavy atom. The first-order valence-electron chi connectivity index (χ1n) is 9.41. The minimum atomic E-state index is 0.0239. The molecule has 1 saturated heterocycles. The van der Waals surface area contributed by atoms with E-state index in [2.05, 4.69) is 36.5 Å². The number of likely N-dealkylation sites (tertiary alicyclic amines) is 1. The highest BCUT2D eigenvalue weighted by Gasteiger charge is 2.24. The highest BCUT2D eigenvalue weighted by Crippen LogP contribution is 2.16. The fourth-order valence-electron chi connectivity index (χ4n) is 3.31. The summed E-state index contributed by atoms with van der Waals surface area (Å²) in [7, 11) is 0. The summed E-state index contributed by atoms with van der Waals surface area (Å²) in [6, 6.07) is 15.4. The Hall–Kier alpha value is -2.33. The second kappa shape index (κ2) is 9.05. The Balaban J connectivity index is 1.42. The summed E-state index contributed by atoms with van der Waals surface area (Å²) in [6.07, 6.45) is 2.82. The van der Waals surface area contributed by atoms with Crippen LogP contribution in [0.15, 0.2) is 48.5 Å². The average molecular weight is 385 g/mol. The quantitative estimate of drug-likeness (QED) is 0.846.